The van der Waals surface area contributed by atoms with Crippen LogP contribution in [0.3, 0.4) is 0 Å². The maximum atomic E-state index is 13.6. The average molecular weight is 322 g/mol. The number of rotatable bonds is 6. The van der Waals surface area contributed by atoms with E-state index in [-0.39, 0.29) is 6.04 Å². The Kier molecular flexibility index (Phi) is 5.62. The number of carbonyl (C=O) groups excluding carboxylic acids is 1. The number of nitrogens with one attached hydrogen (secondary N) is 1. The Bertz CT molecular complexity index is 634. The summed E-state index contributed by atoms with van der Waals surface area (Å²) in [5, 5.41) is 7.41. The summed E-state index contributed by atoms with van der Waals surface area (Å²) < 4.78 is 54.1. The molecule has 3 N–H and O–H groups in total. The van der Waals surface area contributed by atoms with Crippen LogP contribution in [-0.2, 0) is 14.8 Å². The van der Waals surface area contributed by atoms with Gasteiger partial charge in [-0.25, -0.2) is 22.3 Å². The van der Waals surface area contributed by atoms with Crippen molar-refractivity contribution in [3.63, 3.8) is 0 Å². The van der Waals surface area contributed by atoms with E-state index in [2.05, 4.69) is 5.32 Å². The minimum atomic E-state index is -4.39. The van der Waals surface area contributed by atoms with Gasteiger partial charge in [0.05, 0.1) is 0 Å². The second kappa shape index (κ2) is 6.81. The van der Waals surface area contributed by atoms with Crippen molar-refractivity contribution in [1.29, 1.82) is 0 Å². The molecule has 0 spiro atoms. The van der Waals surface area contributed by atoms with Gasteiger partial charge in [0.15, 0.2) is 18.2 Å². The van der Waals surface area contributed by atoms with E-state index < -0.39 is 44.8 Å². The molecule has 0 aliphatic rings. The zero-order valence-corrected chi connectivity index (χ0v) is 12.3. The molecule has 1 rings (SSSR count). The third-order valence-electron chi connectivity index (χ3n) is 2.65. The van der Waals surface area contributed by atoms with Crippen LogP contribution >= 0.6 is 0 Å². The molecule has 6 nitrogen and oxygen atoms in total. The summed E-state index contributed by atoms with van der Waals surface area (Å²) in [5.41, 5.74) is 0. The van der Waals surface area contributed by atoms with Gasteiger partial charge in [-0.1, -0.05) is 6.92 Å². The summed E-state index contributed by atoms with van der Waals surface area (Å²) in [6.07, 6.45) is 0.680. The summed E-state index contributed by atoms with van der Waals surface area (Å²) in [7, 11) is -4.39. The van der Waals surface area contributed by atoms with Crippen LogP contribution in [0.5, 0.6) is 5.75 Å². The molecule has 0 heterocycles. The van der Waals surface area contributed by atoms with Gasteiger partial charge in [-0.05, 0) is 19.4 Å². The highest BCUT2D eigenvalue weighted by Gasteiger charge is 2.22. The summed E-state index contributed by atoms with van der Waals surface area (Å²) in [6.45, 7) is 2.99. The number of amides is 1. The van der Waals surface area contributed by atoms with E-state index >= 15 is 0 Å². The number of nitrogens with two attached hydrogens (primary N) is 1. The van der Waals surface area contributed by atoms with Crippen LogP contribution in [0.4, 0.5) is 8.78 Å². The number of carbonyl (C=O) groups is 1. The highest BCUT2D eigenvalue weighted by atomic mass is 32.2. The van der Waals surface area contributed by atoms with Gasteiger partial charge in [-0.15, -0.1) is 0 Å². The van der Waals surface area contributed by atoms with Crippen molar-refractivity contribution in [1.82, 2.24) is 5.32 Å². The van der Waals surface area contributed by atoms with Gasteiger partial charge in [0.2, 0.25) is 10.0 Å². The van der Waals surface area contributed by atoms with Crippen molar-refractivity contribution < 1.29 is 26.7 Å². The van der Waals surface area contributed by atoms with Crippen molar-refractivity contribution in [2.75, 3.05) is 6.61 Å². The number of benzene rings is 1. The minimum absolute atomic E-state index is 0.114. The van der Waals surface area contributed by atoms with Gasteiger partial charge in [0.25, 0.3) is 5.91 Å². The third kappa shape index (κ3) is 4.94. The SMILES string of the molecule is CCC(C)NC(=O)COc1c(F)cc(F)cc1S(N)(=O)=O. The molecule has 1 amide bonds. The molecule has 1 atom stereocenters. The van der Waals surface area contributed by atoms with Crippen molar-refractivity contribution >= 4 is 15.9 Å². The lowest BCUT2D eigenvalue weighted by Gasteiger charge is -2.14. The maximum Gasteiger partial charge on any atom is 0.258 e. The summed E-state index contributed by atoms with van der Waals surface area (Å²) in [5.74, 6) is -3.71. The molecular weight excluding hydrogens is 306 g/mol. The largest absolute Gasteiger partial charge is 0.479 e. The normalized spacial score (nSPS) is 12.8. The summed E-state index contributed by atoms with van der Waals surface area (Å²) in [6, 6.07) is 0.855. The molecule has 0 aliphatic heterocycles. The van der Waals surface area contributed by atoms with Gasteiger partial charge in [-0.2, -0.15) is 0 Å². The molecule has 1 unspecified atom stereocenters. The van der Waals surface area contributed by atoms with Crippen molar-refractivity contribution in [2.45, 2.75) is 31.2 Å². The first-order valence-corrected chi connectivity index (χ1v) is 7.63. The third-order valence-corrected chi connectivity index (χ3v) is 3.56. The lowest BCUT2D eigenvalue weighted by atomic mass is 10.2. The Balaban J connectivity index is 2.96. The number of ether oxygens (including phenoxy) is 1. The Morgan fingerprint density at radius 2 is 2.05 bits per heavy atom. The van der Waals surface area contributed by atoms with E-state index in [0.717, 1.165) is 0 Å². The van der Waals surface area contributed by atoms with Crippen LogP contribution in [0, 0.1) is 11.6 Å². The van der Waals surface area contributed by atoms with E-state index in [0.29, 0.717) is 18.6 Å². The zero-order chi connectivity index (χ0) is 16.2. The molecule has 1 aromatic carbocycles. The molecule has 9 heteroatoms. The Hall–Kier alpha value is -1.74. The Morgan fingerprint density at radius 1 is 1.43 bits per heavy atom. The van der Waals surface area contributed by atoms with Gasteiger partial charge in [-0.3, -0.25) is 4.79 Å². The van der Waals surface area contributed by atoms with Crippen molar-refractivity contribution in [3.05, 3.63) is 23.8 Å². The van der Waals surface area contributed by atoms with Crippen LogP contribution in [-0.4, -0.2) is 27.0 Å². The zero-order valence-electron chi connectivity index (χ0n) is 11.5. The molecular formula is C12H16F2N2O4S. The first kappa shape index (κ1) is 17.3. The van der Waals surface area contributed by atoms with Gasteiger partial charge in [0, 0.05) is 12.1 Å². The Morgan fingerprint density at radius 3 is 2.57 bits per heavy atom. The first-order chi connectivity index (χ1) is 9.65. The monoisotopic (exact) mass is 322 g/mol. The van der Waals surface area contributed by atoms with Crippen LogP contribution < -0.4 is 15.2 Å². The summed E-state index contributed by atoms with van der Waals surface area (Å²) in [4.78, 5) is 10.7. The molecule has 0 aromatic heterocycles. The molecule has 0 saturated heterocycles. The molecule has 0 fully saturated rings. The number of primary sulfonamides is 1. The van der Waals surface area contributed by atoms with Gasteiger partial charge < -0.3 is 10.1 Å². The topological polar surface area (TPSA) is 98.5 Å². The average Bonchev–Trinajstić information content (AvgIpc) is 2.35. The van der Waals surface area contributed by atoms with Crippen LogP contribution in [0.15, 0.2) is 17.0 Å². The fourth-order valence-electron chi connectivity index (χ4n) is 1.44. The standard InChI is InChI=1S/C12H16F2N2O4S/c1-3-7(2)16-11(17)6-20-12-9(14)4-8(13)5-10(12)21(15,18)19/h4-5,7H,3,6H2,1-2H3,(H,16,17)(H2,15,18,19). The molecule has 118 valence electrons. The second-order valence-electron chi connectivity index (χ2n) is 4.43. The van der Waals surface area contributed by atoms with Gasteiger partial charge in [0.1, 0.15) is 10.7 Å². The molecule has 1 aromatic rings. The minimum Gasteiger partial charge on any atom is -0.479 e. The maximum absolute atomic E-state index is 13.6. The summed E-state index contributed by atoms with van der Waals surface area (Å²) >= 11 is 0. The van der Waals surface area contributed by atoms with Crippen molar-refractivity contribution in [3.8, 4) is 5.75 Å². The predicted octanol–water partition coefficient (Wildman–Crippen LogP) is 0.906. The highest BCUT2D eigenvalue weighted by Crippen LogP contribution is 2.27. The fourth-order valence-corrected chi connectivity index (χ4v) is 2.14. The number of halogens is 2. The van der Waals surface area contributed by atoms with Crippen LogP contribution in [0.2, 0.25) is 0 Å². The number of hydrogen-bond acceptors (Lipinski definition) is 4. The lowest BCUT2D eigenvalue weighted by Crippen LogP contribution is -2.35. The van der Waals surface area contributed by atoms with Crippen molar-refractivity contribution in [2.24, 2.45) is 5.14 Å². The highest BCUT2D eigenvalue weighted by molar-refractivity contribution is 7.89. The molecule has 0 radical (unpaired) electrons. The van der Waals surface area contributed by atoms with E-state index in [1.54, 1.807) is 6.92 Å². The van der Waals surface area contributed by atoms with Crippen LogP contribution in [0.1, 0.15) is 20.3 Å². The number of sulfonamides is 1. The molecule has 0 aliphatic carbocycles. The van der Waals surface area contributed by atoms with Gasteiger partial charge >= 0.3 is 0 Å². The van der Waals surface area contributed by atoms with E-state index in [1.807, 2.05) is 6.92 Å². The molecule has 0 bridgehead atoms. The lowest BCUT2D eigenvalue weighted by molar-refractivity contribution is -0.123. The number of hydrogen-bond donors (Lipinski definition) is 2. The molecule has 0 saturated carbocycles. The Labute approximate surface area is 121 Å². The smallest absolute Gasteiger partial charge is 0.258 e. The predicted molar refractivity (Wildman–Crippen MR) is 71.1 cm³/mol. The van der Waals surface area contributed by atoms with Crippen LogP contribution in [0.25, 0.3) is 0 Å². The van der Waals surface area contributed by atoms with E-state index in [9.17, 15) is 22.0 Å². The first-order valence-electron chi connectivity index (χ1n) is 6.09. The second-order valence-corrected chi connectivity index (χ2v) is 5.96. The quantitative estimate of drug-likeness (QED) is 0.813. The fraction of sp³-hybridized carbons (Fsp3) is 0.417. The molecule has 21 heavy (non-hydrogen) atoms. The van der Waals surface area contributed by atoms with E-state index in [1.165, 1.54) is 0 Å². The van der Waals surface area contributed by atoms with E-state index in [4.69, 9.17) is 9.88 Å².